The van der Waals surface area contributed by atoms with Crippen molar-refractivity contribution in [2.24, 2.45) is 0 Å². The number of aromatic nitrogens is 3. The van der Waals surface area contributed by atoms with Gasteiger partial charge < -0.3 is 9.72 Å². The first-order valence-electron chi connectivity index (χ1n) is 7.53. The molecule has 3 aromatic rings. The average molecular weight is 297 g/mol. The molecule has 0 spiro atoms. The third-order valence-electron chi connectivity index (χ3n) is 3.76. The third-order valence-corrected chi connectivity index (χ3v) is 3.76. The molecule has 0 fully saturated rings. The van der Waals surface area contributed by atoms with E-state index in [2.05, 4.69) is 9.97 Å². The van der Waals surface area contributed by atoms with Gasteiger partial charge in [0.1, 0.15) is 23.9 Å². The van der Waals surface area contributed by atoms with E-state index in [0.29, 0.717) is 6.61 Å². The van der Waals surface area contributed by atoms with Crippen molar-refractivity contribution in [1.82, 2.24) is 14.5 Å². The molecular formula is C17H19N3O2. The van der Waals surface area contributed by atoms with Crippen LogP contribution in [0.3, 0.4) is 0 Å². The zero-order valence-corrected chi connectivity index (χ0v) is 13.0. The molecule has 0 aliphatic carbocycles. The first-order chi connectivity index (χ1) is 10.8. The second-order valence-corrected chi connectivity index (χ2v) is 4.99. The Labute approximate surface area is 128 Å². The first kappa shape index (κ1) is 14.4. The first-order valence-corrected chi connectivity index (χ1v) is 7.53. The van der Waals surface area contributed by atoms with Gasteiger partial charge in [0.05, 0.1) is 11.2 Å². The number of pyridine rings is 1. The molecule has 0 amide bonds. The number of rotatable bonds is 1. The van der Waals surface area contributed by atoms with Crippen molar-refractivity contribution in [3.05, 3.63) is 58.3 Å². The number of nitrogens with zero attached hydrogens (tertiary/aromatic N) is 2. The molecule has 1 unspecified atom stereocenters. The van der Waals surface area contributed by atoms with Gasteiger partial charge in [-0.2, -0.15) is 0 Å². The van der Waals surface area contributed by atoms with Crippen molar-refractivity contribution in [3.8, 4) is 5.75 Å². The second kappa shape index (κ2) is 5.67. The van der Waals surface area contributed by atoms with Crippen LogP contribution in [0.2, 0.25) is 0 Å². The Morgan fingerprint density at radius 1 is 1.27 bits per heavy atom. The van der Waals surface area contributed by atoms with E-state index in [1.54, 1.807) is 10.8 Å². The summed E-state index contributed by atoms with van der Waals surface area (Å²) < 4.78 is 7.64. The summed E-state index contributed by atoms with van der Waals surface area (Å²) >= 11 is 0. The van der Waals surface area contributed by atoms with E-state index < -0.39 is 0 Å². The maximum absolute atomic E-state index is 12.3. The van der Waals surface area contributed by atoms with Crippen LogP contribution in [-0.4, -0.2) is 21.1 Å². The monoisotopic (exact) mass is 297 g/mol. The lowest BCUT2D eigenvalue weighted by atomic mass is 10.1. The minimum atomic E-state index is -0.188. The molecule has 1 aliphatic heterocycles. The molecule has 1 atom stereocenters. The summed E-state index contributed by atoms with van der Waals surface area (Å²) in [6.45, 7) is 6.40. The Bertz CT molecular complexity index is 849. The van der Waals surface area contributed by atoms with Crippen LogP contribution < -0.4 is 10.4 Å². The summed E-state index contributed by atoms with van der Waals surface area (Å²) in [4.78, 5) is 19.5. The van der Waals surface area contributed by atoms with Crippen LogP contribution >= 0.6 is 0 Å². The zero-order valence-electron chi connectivity index (χ0n) is 13.0. The Hall–Kier alpha value is -2.56. The van der Waals surface area contributed by atoms with Gasteiger partial charge in [0.15, 0.2) is 0 Å². The van der Waals surface area contributed by atoms with Crippen molar-refractivity contribution in [2.75, 3.05) is 6.61 Å². The number of benzene rings is 1. The highest BCUT2D eigenvalue weighted by Crippen LogP contribution is 2.35. The van der Waals surface area contributed by atoms with Crippen LogP contribution in [0.25, 0.3) is 11.0 Å². The Balaban J connectivity index is 0.000000693. The number of nitrogens with one attached hydrogen (secondary N) is 1. The minimum Gasteiger partial charge on any atom is -0.488 e. The number of hydrogen-bond donors (Lipinski definition) is 1. The molecular weight excluding hydrogens is 278 g/mol. The van der Waals surface area contributed by atoms with Gasteiger partial charge in [-0.05, 0) is 30.7 Å². The quantitative estimate of drug-likeness (QED) is 0.751. The van der Waals surface area contributed by atoms with E-state index in [0.717, 1.165) is 28.0 Å². The van der Waals surface area contributed by atoms with Gasteiger partial charge in [-0.1, -0.05) is 26.0 Å². The number of ether oxygens (including phenoxy) is 1. The molecule has 1 N–H and O–H groups in total. The van der Waals surface area contributed by atoms with Gasteiger partial charge in [-0.3, -0.25) is 9.55 Å². The maximum atomic E-state index is 12.3. The van der Waals surface area contributed by atoms with E-state index in [1.807, 2.05) is 51.1 Å². The second-order valence-electron chi connectivity index (χ2n) is 4.99. The van der Waals surface area contributed by atoms with Gasteiger partial charge in [0.25, 0.3) is 0 Å². The predicted octanol–water partition coefficient (Wildman–Crippen LogP) is 3.04. The summed E-state index contributed by atoms with van der Waals surface area (Å²) in [5.74, 6) is 0.785. The molecule has 0 saturated heterocycles. The van der Waals surface area contributed by atoms with Gasteiger partial charge in [-0.15, -0.1) is 0 Å². The lowest BCUT2D eigenvalue weighted by molar-refractivity contribution is 0.252. The highest BCUT2D eigenvalue weighted by atomic mass is 16.5. The molecule has 3 heterocycles. The summed E-state index contributed by atoms with van der Waals surface area (Å²) in [5.41, 5.74) is 3.38. The molecule has 1 aromatic carbocycles. The Kier molecular flexibility index (Phi) is 3.71. The molecule has 4 rings (SSSR count). The molecule has 0 saturated carbocycles. The SMILES string of the molecule is CC.Cc1ccc2[nH]c(=O)n3c2c1OCC3c1ccccn1. The van der Waals surface area contributed by atoms with Crippen molar-refractivity contribution >= 4 is 11.0 Å². The summed E-state index contributed by atoms with van der Waals surface area (Å²) in [7, 11) is 0. The predicted molar refractivity (Wildman–Crippen MR) is 86.5 cm³/mol. The number of aryl methyl sites for hydroxylation is 1. The van der Waals surface area contributed by atoms with E-state index in [4.69, 9.17) is 4.74 Å². The highest BCUT2D eigenvalue weighted by molar-refractivity contribution is 5.84. The smallest absolute Gasteiger partial charge is 0.327 e. The van der Waals surface area contributed by atoms with Crippen LogP contribution in [0.4, 0.5) is 0 Å². The van der Waals surface area contributed by atoms with Crippen molar-refractivity contribution in [2.45, 2.75) is 26.8 Å². The topological polar surface area (TPSA) is 59.9 Å². The third kappa shape index (κ3) is 2.09. The molecule has 0 radical (unpaired) electrons. The van der Waals surface area contributed by atoms with Gasteiger partial charge in [0.2, 0.25) is 0 Å². The lowest BCUT2D eigenvalue weighted by Crippen LogP contribution is -2.31. The molecule has 5 heteroatoms. The Morgan fingerprint density at radius 2 is 2.09 bits per heavy atom. The van der Waals surface area contributed by atoms with Gasteiger partial charge in [0, 0.05) is 6.20 Å². The van der Waals surface area contributed by atoms with Crippen molar-refractivity contribution < 1.29 is 4.74 Å². The fourth-order valence-electron chi connectivity index (χ4n) is 2.80. The number of H-pyrrole nitrogens is 1. The van der Waals surface area contributed by atoms with E-state index >= 15 is 0 Å². The molecule has 5 nitrogen and oxygen atoms in total. The average Bonchev–Trinajstić information content (AvgIpc) is 2.92. The van der Waals surface area contributed by atoms with Gasteiger partial charge in [-0.25, -0.2) is 4.79 Å². The normalized spacial score (nSPS) is 15.9. The molecule has 2 aromatic heterocycles. The van der Waals surface area contributed by atoms with Gasteiger partial charge >= 0.3 is 5.69 Å². The lowest BCUT2D eigenvalue weighted by Gasteiger charge is -2.25. The van der Waals surface area contributed by atoms with Crippen LogP contribution in [0, 0.1) is 6.92 Å². The number of hydrogen-bond acceptors (Lipinski definition) is 3. The van der Waals surface area contributed by atoms with E-state index in [-0.39, 0.29) is 11.7 Å². The highest BCUT2D eigenvalue weighted by Gasteiger charge is 2.28. The van der Waals surface area contributed by atoms with Crippen molar-refractivity contribution in [3.63, 3.8) is 0 Å². The standard InChI is InChI=1S/C15H13N3O2.C2H6/c1-9-5-6-11-13-14(9)20-8-12(18(13)15(19)17-11)10-4-2-3-7-16-10;1-2/h2-7,12H,8H2,1H3,(H,17,19);1-2H3. The van der Waals surface area contributed by atoms with Crippen LogP contribution in [-0.2, 0) is 0 Å². The van der Waals surface area contributed by atoms with Crippen LogP contribution in [0.15, 0.2) is 41.3 Å². The number of imidazole rings is 1. The van der Waals surface area contributed by atoms with E-state index in [9.17, 15) is 4.79 Å². The fourth-order valence-corrected chi connectivity index (χ4v) is 2.80. The minimum absolute atomic E-state index is 0.120. The summed E-state index contributed by atoms with van der Waals surface area (Å²) in [5, 5.41) is 0. The Morgan fingerprint density at radius 3 is 2.82 bits per heavy atom. The summed E-state index contributed by atoms with van der Waals surface area (Å²) in [6.07, 6.45) is 1.73. The maximum Gasteiger partial charge on any atom is 0.327 e. The van der Waals surface area contributed by atoms with Crippen LogP contribution in [0.5, 0.6) is 5.75 Å². The van der Waals surface area contributed by atoms with Crippen LogP contribution in [0.1, 0.15) is 31.1 Å². The molecule has 0 bridgehead atoms. The molecule has 22 heavy (non-hydrogen) atoms. The molecule has 1 aliphatic rings. The van der Waals surface area contributed by atoms with E-state index in [1.165, 1.54) is 0 Å². The summed E-state index contributed by atoms with van der Waals surface area (Å²) in [6, 6.07) is 9.38. The zero-order chi connectivity index (χ0) is 15.7. The number of aromatic amines is 1. The molecule has 114 valence electrons. The fraction of sp³-hybridized carbons (Fsp3) is 0.294. The van der Waals surface area contributed by atoms with Crippen molar-refractivity contribution in [1.29, 1.82) is 0 Å². The largest absolute Gasteiger partial charge is 0.488 e.